The van der Waals surface area contributed by atoms with E-state index < -0.39 is 5.54 Å². The third-order valence-electron chi connectivity index (χ3n) is 5.67. The number of nitrogens with zero attached hydrogens (tertiary/aromatic N) is 4. The molecular formula is C21H20ClN5O3. The molecule has 2 aromatic heterocycles. The highest BCUT2D eigenvalue weighted by Crippen LogP contribution is 2.36. The van der Waals surface area contributed by atoms with E-state index in [1.807, 2.05) is 0 Å². The van der Waals surface area contributed by atoms with Gasteiger partial charge in [-0.1, -0.05) is 18.0 Å². The van der Waals surface area contributed by atoms with Crippen LogP contribution in [0.1, 0.15) is 57.8 Å². The monoisotopic (exact) mass is 425 g/mol. The molecule has 0 spiro atoms. The highest BCUT2D eigenvalue weighted by molar-refractivity contribution is 6.21. The van der Waals surface area contributed by atoms with Crippen LogP contribution in [0.3, 0.4) is 0 Å². The summed E-state index contributed by atoms with van der Waals surface area (Å²) >= 11 is 0. The molecule has 0 radical (unpaired) electrons. The van der Waals surface area contributed by atoms with Gasteiger partial charge in [-0.25, -0.2) is 0 Å². The molecule has 0 bridgehead atoms. The summed E-state index contributed by atoms with van der Waals surface area (Å²) in [6.07, 6.45) is 7.01. The second kappa shape index (κ2) is 7.62. The smallest absolute Gasteiger partial charge is 0.261 e. The predicted molar refractivity (Wildman–Crippen MR) is 110 cm³/mol. The molecule has 0 saturated heterocycles. The number of pyridine rings is 1. The van der Waals surface area contributed by atoms with Gasteiger partial charge in [0.25, 0.3) is 17.7 Å². The van der Waals surface area contributed by atoms with Crippen LogP contribution in [0.5, 0.6) is 0 Å². The average Bonchev–Trinajstić information content (AvgIpc) is 3.46. The third-order valence-corrected chi connectivity index (χ3v) is 5.67. The normalized spacial score (nSPS) is 17.2. The molecule has 1 fully saturated rings. The number of rotatable bonds is 4. The first-order valence-corrected chi connectivity index (χ1v) is 9.58. The Bertz CT molecular complexity index is 1110. The molecule has 8 nitrogen and oxygen atoms in total. The fourth-order valence-electron chi connectivity index (χ4n) is 4.01. The first-order chi connectivity index (χ1) is 14.0. The Kier molecular flexibility index (Phi) is 5.13. The summed E-state index contributed by atoms with van der Waals surface area (Å²) in [7, 11) is 0. The summed E-state index contributed by atoms with van der Waals surface area (Å²) in [5.74, 6) is 0.139. The van der Waals surface area contributed by atoms with E-state index in [2.05, 4.69) is 15.1 Å². The third kappa shape index (κ3) is 3.28. The number of carbonyl (C=O) groups excluding carboxylic acids is 2. The van der Waals surface area contributed by atoms with Crippen molar-refractivity contribution in [2.45, 2.75) is 37.8 Å². The maximum atomic E-state index is 12.9. The van der Waals surface area contributed by atoms with Crippen LogP contribution in [0.15, 0.2) is 47.2 Å². The quantitative estimate of drug-likeness (QED) is 0.638. The van der Waals surface area contributed by atoms with Gasteiger partial charge in [0, 0.05) is 18.0 Å². The zero-order chi connectivity index (χ0) is 20.0. The Labute approximate surface area is 178 Å². The second-order valence-corrected chi connectivity index (χ2v) is 7.60. The Morgan fingerprint density at radius 2 is 1.73 bits per heavy atom. The van der Waals surface area contributed by atoms with E-state index in [9.17, 15) is 9.59 Å². The van der Waals surface area contributed by atoms with Gasteiger partial charge in [0.15, 0.2) is 5.82 Å². The Morgan fingerprint density at radius 1 is 1.03 bits per heavy atom. The van der Waals surface area contributed by atoms with Crippen molar-refractivity contribution in [1.29, 1.82) is 0 Å². The molecule has 1 aromatic carbocycles. The first kappa shape index (κ1) is 20.2. The van der Waals surface area contributed by atoms with Gasteiger partial charge in [0.05, 0.1) is 23.2 Å². The zero-order valence-corrected chi connectivity index (χ0v) is 16.9. The van der Waals surface area contributed by atoms with Crippen molar-refractivity contribution in [1.82, 2.24) is 20.0 Å². The zero-order valence-electron chi connectivity index (χ0n) is 16.1. The molecule has 30 heavy (non-hydrogen) atoms. The Morgan fingerprint density at radius 3 is 2.47 bits per heavy atom. The molecule has 5 rings (SSSR count). The first-order valence-electron chi connectivity index (χ1n) is 9.58. The van der Waals surface area contributed by atoms with E-state index >= 15 is 0 Å². The fourth-order valence-corrected chi connectivity index (χ4v) is 4.01. The van der Waals surface area contributed by atoms with E-state index in [0.717, 1.165) is 31.2 Å². The van der Waals surface area contributed by atoms with Gasteiger partial charge in [-0.05, 0) is 48.7 Å². The number of benzene rings is 1. The number of imide groups is 1. The minimum Gasteiger partial charge on any atom is -0.334 e. The van der Waals surface area contributed by atoms with Crippen molar-refractivity contribution < 1.29 is 14.1 Å². The topological polar surface area (TPSA) is 115 Å². The molecule has 3 heterocycles. The number of fused-ring (bicyclic) bond motifs is 1. The molecule has 0 atom stereocenters. The number of hydrogen-bond acceptors (Lipinski definition) is 7. The van der Waals surface area contributed by atoms with Gasteiger partial charge in [-0.15, -0.1) is 12.4 Å². The molecule has 2 N–H and O–H groups in total. The van der Waals surface area contributed by atoms with Crippen molar-refractivity contribution in [3.05, 3.63) is 65.2 Å². The average molecular weight is 426 g/mol. The molecular weight excluding hydrogens is 406 g/mol. The molecule has 1 aliphatic carbocycles. The lowest BCUT2D eigenvalue weighted by Gasteiger charge is -2.17. The van der Waals surface area contributed by atoms with Gasteiger partial charge >= 0.3 is 0 Å². The number of amides is 2. The van der Waals surface area contributed by atoms with Crippen LogP contribution in [0.4, 0.5) is 0 Å². The van der Waals surface area contributed by atoms with Crippen LogP contribution in [-0.4, -0.2) is 31.8 Å². The summed E-state index contributed by atoms with van der Waals surface area (Å²) in [5.41, 5.74) is 7.99. The lowest BCUT2D eigenvalue weighted by atomic mass is 9.98. The number of carbonyl (C=O) groups is 2. The Hall–Kier alpha value is -3.10. The molecule has 2 aliphatic rings. The maximum Gasteiger partial charge on any atom is 0.261 e. The SMILES string of the molecule is Cl.NC1(c2noc(-c3ccc4c(c3)C(=O)N(Cc3ccncc3)C4=O)n2)CCCC1. The highest BCUT2D eigenvalue weighted by atomic mass is 35.5. The van der Waals surface area contributed by atoms with Crippen LogP contribution >= 0.6 is 12.4 Å². The largest absolute Gasteiger partial charge is 0.334 e. The van der Waals surface area contributed by atoms with Crippen molar-refractivity contribution in [2.24, 2.45) is 5.73 Å². The van der Waals surface area contributed by atoms with Crippen LogP contribution in [0, 0.1) is 0 Å². The van der Waals surface area contributed by atoms with Gasteiger partial charge in [0.2, 0.25) is 0 Å². The van der Waals surface area contributed by atoms with Crippen LogP contribution in [0.25, 0.3) is 11.5 Å². The summed E-state index contributed by atoms with van der Waals surface area (Å²) < 4.78 is 5.41. The maximum absolute atomic E-state index is 12.9. The van der Waals surface area contributed by atoms with Crippen molar-refractivity contribution >= 4 is 24.2 Å². The van der Waals surface area contributed by atoms with E-state index in [1.165, 1.54) is 4.90 Å². The molecule has 0 unspecified atom stereocenters. The summed E-state index contributed by atoms with van der Waals surface area (Å²) in [6, 6.07) is 8.54. The molecule has 1 aliphatic heterocycles. The van der Waals surface area contributed by atoms with Gasteiger partial charge in [-0.2, -0.15) is 4.98 Å². The highest BCUT2D eigenvalue weighted by Gasteiger charge is 2.38. The molecule has 2 amide bonds. The Balaban J connectivity index is 0.00000218. The van der Waals surface area contributed by atoms with E-state index in [4.69, 9.17) is 10.3 Å². The second-order valence-electron chi connectivity index (χ2n) is 7.60. The number of halogens is 1. The molecule has 154 valence electrons. The minimum absolute atomic E-state index is 0. The number of nitrogens with two attached hydrogens (primary N) is 1. The van der Waals surface area contributed by atoms with Gasteiger partial charge in [0.1, 0.15) is 0 Å². The summed E-state index contributed by atoms with van der Waals surface area (Å²) in [6.45, 7) is 0.199. The standard InChI is InChI=1S/C21H19N5O3.ClH/c22-21(7-1-2-8-21)20-24-17(29-25-20)14-3-4-15-16(11-14)19(28)26(18(15)27)12-13-5-9-23-10-6-13;/h3-6,9-11H,1-2,7-8,12,22H2;1H. The van der Waals surface area contributed by atoms with Crippen molar-refractivity contribution in [3.8, 4) is 11.5 Å². The summed E-state index contributed by atoms with van der Waals surface area (Å²) in [5, 5.41) is 4.07. The van der Waals surface area contributed by atoms with Crippen molar-refractivity contribution in [2.75, 3.05) is 0 Å². The minimum atomic E-state index is -0.550. The molecule has 3 aromatic rings. The van der Waals surface area contributed by atoms with E-state index in [0.29, 0.717) is 28.4 Å². The van der Waals surface area contributed by atoms with Crippen LogP contribution in [-0.2, 0) is 12.1 Å². The lowest BCUT2D eigenvalue weighted by Crippen LogP contribution is -2.34. The fraction of sp³-hybridized carbons (Fsp3) is 0.286. The molecule has 9 heteroatoms. The summed E-state index contributed by atoms with van der Waals surface area (Å²) in [4.78, 5) is 35.2. The van der Waals surface area contributed by atoms with Crippen LogP contribution < -0.4 is 5.73 Å². The van der Waals surface area contributed by atoms with E-state index in [1.54, 1.807) is 42.7 Å². The van der Waals surface area contributed by atoms with Gasteiger partial charge in [-0.3, -0.25) is 19.5 Å². The lowest BCUT2D eigenvalue weighted by molar-refractivity contribution is 0.0642. The van der Waals surface area contributed by atoms with Crippen LogP contribution in [0.2, 0.25) is 0 Å². The van der Waals surface area contributed by atoms with Gasteiger partial charge < -0.3 is 10.3 Å². The van der Waals surface area contributed by atoms with Crippen molar-refractivity contribution in [3.63, 3.8) is 0 Å². The predicted octanol–water partition coefficient (Wildman–Crippen LogP) is 3.08. The van der Waals surface area contributed by atoms with E-state index in [-0.39, 0.29) is 30.8 Å². The number of hydrogen-bond donors (Lipinski definition) is 1. The number of aromatic nitrogens is 3. The molecule has 1 saturated carbocycles.